The van der Waals surface area contributed by atoms with E-state index in [2.05, 4.69) is 44.2 Å². The molecule has 31 heavy (non-hydrogen) atoms. The standard InChI is InChI=1S/C22H42N6O2.HI/c1-22(2,28-14-16-30-17-15-28)18-25-21(23-3)24-8-9-26-10-12-27(13-11-26)20(29)19-6-4-5-7-19;/h19H,4-18H2,1-3H3,(H2,23,24,25);1H. The van der Waals surface area contributed by atoms with Gasteiger partial charge in [0.05, 0.1) is 13.2 Å². The van der Waals surface area contributed by atoms with Crippen LogP contribution in [0.25, 0.3) is 0 Å². The molecule has 1 aliphatic carbocycles. The van der Waals surface area contributed by atoms with E-state index in [1.165, 1.54) is 12.8 Å². The van der Waals surface area contributed by atoms with Gasteiger partial charge in [0.1, 0.15) is 0 Å². The molecule has 0 atom stereocenters. The normalized spacial score (nSPS) is 22.3. The Morgan fingerprint density at radius 2 is 1.68 bits per heavy atom. The fraction of sp³-hybridized carbons (Fsp3) is 0.909. The van der Waals surface area contributed by atoms with Gasteiger partial charge in [-0.15, -0.1) is 24.0 Å². The van der Waals surface area contributed by atoms with Crippen LogP contribution in [-0.4, -0.2) is 111 Å². The van der Waals surface area contributed by atoms with E-state index < -0.39 is 0 Å². The van der Waals surface area contributed by atoms with Crippen molar-refractivity contribution >= 4 is 35.8 Å². The first-order chi connectivity index (χ1) is 14.5. The molecule has 0 spiro atoms. The van der Waals surface area contributed by atoms with Crippen molar-refractivity contribution in [3.8, 4) is 0 Å². The number of hydrogen-bond donors (Lipinski definition) is 2. The van der Waals surface area contributed by atoms with E-state index in [4.69, 9.17) is 4.74 Å². The van der Waals surface area contributed by atoms with Crippen molar-refractivity contribution in [1.82, 2.24) is 25.3 Å². The molecule has 2 N–H and O–H groups in total. The van der Waals surface area contributed by atoms with Gasteiger partial charge in [0.25, 0.3) is 0 Å². The minimum absolute atomic E-state index is 0. The van der Waals surface area contributed by atoms with Crippen molar-refractivity contribution in [1.29, 1.82) is 0 Å². The van der Waals surface area contributed by atoms with Gasteiger partial charge in [-0.1, -0.05) is 12.8 Å². The Balaban J connectivity index is 0.00000341. The molecule has 2 aliphatic heterocycles. The lowest BCUT2D eigenvalue weighted by Gasteiger charge is -2.41. The number of morpholine rings is 1. The third kappa shape index (κ3) is 8.01. The number of nitrogens with one attached hydrogen (secondary N) is 2. The van der Waals surface area contributed by atoms with Gasteiger partial charge in [-0.25, -0.2) is 0 Å². The number of rotatable bonds is 7. The highest BCUT2D eigenvalue weighted by Crippen LogP contribution is 2.26. The van der Waals surface area contributed by atoms with Crippen LogP contribution >= 0.6 is 24.0 Å². The second-order valence-electron chi connectivity index (χ2n) is 9.41. The Morgan fingerprint density at radius 1 is 1.03 bits per heavy atom. The van der Waals surface area contributed by atoms with Gasteiger partial charge in [0, 0.05) is 77.4 Å². The van der Waals surface area contributed by atoms with Gasteiger partial charge in [0.15, 0.2) is 5.96 Å². The molecule has 0 unspecified atom stereocenters. The van der Waals surface area contributed by atoms with Crippen molar-refractivity contribution in [3.63, 3.8) is 0 Å². The fourth-order valence-corrected chi connectivity index (χ4v) is 4.76. The third-order valence-corrected chi connectivity index (χ3v) is 6.89. The Morgan fingerprint density at radius 3 is 2.29 bits per heavy atom. The molecule has 0 radical (unpaired) electrons. The number of hydrogen-bond acceptors (Lipinski definition) is 5. The average molecular weight is 551 g/mol. The lowest BCUT2D eigenvalue weighted by Crippen LogP contribution is -2.57. The van der Waals surface area contributed by atoms with E-state index in [0.29, 0.717) is 11.8 Å². The lowest BCUT2D eigenvalue weighted by molar-refractivity contribution is -0.137. The molecule has 0 bridgehead atoms. The highest BCUT2D eigenvalue weighted by Gasteiger charge is 2.30. The highest BCUT2D eigenvalue weighted by atomic mass is 127. The van der Waals surface area contributed by atoms with E-state index in [9.17, 15) is 4.79 Å². The van der Waals surface area contributed by atoms with Crippen molar-refractivity contribution in [2.24, 2.45) is 10.9 Å². The molecule has 3 fully saturated rings. The second-order valence-corrected chi connectivity index (χ2v) is 9.41. The van der Waals surface area contributed by atoms with E-state index >= 15 is 0 Å². The van der Waals surface area contributed by atoms with Gasteiger partial charge in [-0.05, 0) is 26.7 Å². The maximum absolute atomic E-state index is 12.6. The number of nitrogens with zero attached hydrogens (tertiary/aromatic N) is 4. The molecular weight excluding hydrogens is 507 g/mol. The SMILES string of the molecule is CN=C(NCCN1CCN(C(=O)C2CCCC2)CC1)NCC(C)(C)N1CCOCC1.I. The van der Waals surface area contributed by atoms with Crippen LogP contribution in [0.5, 0.6) is 0 Å². The van der Waals surface area contributed by atoms with E-state index in [1.54, 1.807) is 0 Å². The molecule has 3 rings (SSSR count). The lowest BCUT2D eigenvalue weighted by atomic mass is 10.0. The number of amides is 1. The number of aliphatic imine (C=N–C) groups is 1. The van der Waals surface area contributed by atoms with Crippen molar-refractivity contribution in [2.45, 2.75) is 45.1 Å². The number of carbonyl (C=O) groups is 1. The molecule has 3 aliphatic rings. The number of piperazine rings is 1. The predicted octanol–water partition coefficient (Wildman–Crippen LogP) is 1.21. The summed E-state index contributed by atoms with van der Waals surface area (Å²) < 4.78 is 5.47. The summed E-state index contributed by atoms with van der Waals surface area (Å²) >= 11 is 0. The van der Waals surface area contributed by atoms with Gasteiger partial charge in [-0.3, -0.25) is 19.6 Å². The first kappa shape index (κ1) is 26.6. The summed E-state index contributed by atoms with van der Waals surface area (Å²) in [7, 11) is 1.82. The van der Waals surface area contributed by atoms with E-state index in [0.717, 1.165) is 90.9 Å². The molecule has 1 amide bonds. The van der Waals surface area contributed by atoms with Gasteiger partial charge in [-0.2, -0.15) is 0 Å². The van der Waals surface area contributed by atoms with Crippen molar-refractivity contribution in [2.75, 3.05) is 79.2 Å². The van der Waals surface area contributed by atoms with Crippen molar-refractivity contribution in [3.05, 3.63) is 0 Å². The van der Waals surface area contributed by atoms with Crippen LogP contribution in [0.2, 0.25) is 0 Å². The monoisotopic (exact) mass is 550 g/mol. The van der Waals surface area contributed by atoms with Crippen LogP contribution in [0.15, 0.2) is 4.99 Å². The Bertz CT molecular complexity index is 568. The molecule has 8 nitrogen and oxygen atoms in total. The summed E-state index contributed by atoms with van der Waals surface area (Å²) in [5, 5.41) is 6.93. The summed E-state index contributed by atoms with van der Waals surface area (Å²) in [6.07, 6.45) is 4.64. The minimum atomic E-state index is 0. The Hall–Kier alpha value is -0.650. The van der Waals surface area contributed by atoms with Crippen LogP contribution < -0.4 is 10.6 Å². The summed E-state index contributed by atoms with van der Waals surface area (Å²) in [6.45, 7) is 14.5. The zero-order valence-electron chi connectivity index (χ0n) is 19.7. The van der Waals surface area contributed by atoms with Crippen LogP contribution in [0.3, 0.4) is 0 Å². The van der Waals surface area contributed by atoms with E-state index in [-0.39, 0.29) is 29.5 Å². The molecule has 9 heteroatoms. The second kappa shape index (κ2) is 13.2. The maximum Gasteiger partial charge on any atom is 0.225 e. The predicted molar refractivity (Wildman–Crippen MR) is 136 cm³/mol. The molecular formula is C22H43IN6O2. The number of ether oxygens (including phenoxy) is 1. The van der Waals surface area contributed by atoms with Crippen LogP contribution in [-0.2, 0) is 9.53 Å². The summed E-state index contributed by atoms with van der Waals surface area (Å²) in [5.74, 6) is 1.55. The zero-order valence-corrected chi connectivity index (χ0v) is 22.0. The molecule has 2 saturated heterocycles. The van der Waals surface area contributed by atoms with Crippen molar-refractivity contribution < 1.29 is 9.53 Å². The molecule has 0 aromatic rings. The molecule has 2 heterocycles. The van der Waals surface area contributed by atoms with Crippen LogP contribution in [0.4, 0.5) is 0 Å². The van der Waals surface area contributed by atoms with Crippen LogP contribution in [0.1, 0.15) is 39.5 Å². The molecule has 0 aromatic carbocycles. The number of halogens is 1. The van der Waals surface area contributed by atoms with Gasteiger partial charge >= 0.3 is 0 Å². The van der Waals surface area contributed by atoms with Gasteiger partial charge in [0.2, 0.25) is 5.91 Å². The topological polar surface area (TPSA) is 72.4 Å². The largest absolute Gasteiger partial charge is 0.379 e. The first-order valence-corrected chi connectivity index (χ1v) is 11.8. The summed E-state index contributed by atoms with van der Waals surface area (Å²) in [6, 6.07) is 0. The maximum atomic E-state index is 12.6. The van der Waals surface area contributed by atoms with Gasteiger partial charge < -0.3 is 20.3 Å². The molecule has 1 saturated carbocycles. The number of guanidine groups is 1. The number of carbonyl (C=O) groups excluding carboxylic acids is 1. The smallest absolute Gasteiger partial charge is 0.225 e. The average Bonchev–Trinajstić information content (AvgIpc) is 3.31. The third-order valence-electron chi connectivity index (χ3n) is 6.89. The highest BCUT2D eigenvalue weighted by molar-refractivity contribution is 14.0. The Kier molecular flexibility index (Phi) is 11.3. The zero-order chi connectivity index (χ0) is 21.4. The fourth-order valence-electron chi connectivity index (χ4n) is 4.76. The summed E-state index contributed by atoms with van der Waals surface area (Å²) in [4.78, 5) is 24.0. The minimum Gasteiger partial charge on any atom is -0.379 e. The Labute approximate surface area is 205 Å². The van der Waals surface area contributed by atoms with Crippen LogP contribution in [0, 0.1) is 5.92 Å². The molecule has 180 valence electrons. The quantitative estimate of drug-likeness (QED) is 0.282. The molecule has 0 aromatic heterocycles. The summed E-state index contributed by atoms with van der Waals surface area (Å²) in [5.41, 5.74) is 0.0591. The first-order valence-electron chi connectivity index (χ1n) is 11.8. The van der Waals surface area contributed by atoms with E-state index in [1.807, 2.05) is 7.05 Å².